The Labute approximate surface area is 123 Å². The minimum Gasteiger partial charge on any atom is -0.480 e. The average Bonchev–Trinajstić information content (AvgIpc) is 2.35. The van der Waals surface area contributed by atoms with Crippen LogP contribution >= 0.6 is 11.6 Å². The van der Waals surface area contributed by atoms with E-state index in [9.17, 15) is 9.59 Å². The zero-order valence-electron chi connectivity index (χ0n) is 11.5. The van der Waals surface area contributed by atoms with Crippen molar-refractivity contribution < 1.29 is 14.7 Å². The van der Waals surface area contributed by atoms with Gasteiger partial charge >= 0.3 is 12.0 Å². The molecular weight excluding hydrogens is 280 g/mol. The number of amides is 2. The number of carboxylic acid groups (broad SMARTS) is 1. The van der Waals surface area contributed by atoms with Crippen LogP contribution in [0, 0.1) is 0 Å². The lowest BCUT2D eigenvalue weighted by atomic mass is 10.3. The molecule has 2 amide bonds. The second-order valence-corrected chi connectivity index (χ2v) is 4.99. The number of hydrogen-bond donors (Lipinski definition) is 1. The highest BCUT2D eigenvalue weighted by molar-refractivity contribution is 6.30. The molecule has 1 rings (SSSR count). The van der Waals surface area contributed by atoms with Crippen molar-refractivity contribution in [2.45, 2.75) is 6.92 Å². The molecule has 0 bridgehead atoms. The number of urea groups is 1. The Bertz CT molecular complexity index is 514. The Balaban J connectivity index is 2.99. The van der Waals surface area contributed by atoms with Crippen molar-refractivity contribution in [2.75, 3.05) is 25.0 Å². The number of halogens is 1. The average molecular weight is 297 g/mol. The van der Waals surface area contributed by atoms with E-state index < -0.39 is 18.5 Å². The Morgan fingerprint density at radius 1 is 1.25 bits per heavy atom. The first kappa shape index (κ1) is 16.0. The number of likely N-dealkylation sites (N-methyl/N-ethyl adjacent to an activating group) is 1. The summed E-state index contributed by atoms with van der Waals surface area (Å²) >= 11 is 5.79. The highest BCUT2D eigenvalue weighted by Gasteiger charge is 2.22. The molecule has 1 aromatic rings. The molecular formula is C14H17ClN2O3. The molecule has 0 unspecified atom stereocenters. The molecule has 1 N–H and O–H groups in total. The molecule has 0 heterocycles. The molecule has 0 radical (unpaired) electrons. The highest BCUT2D eigenvalue weighted by Crippen LogP contribution is 2.19. The summed E-state index contributed by atoms with van der Waals surface area (Å²) in [4.78, 5) is 25.9. The quantitative estimate of drug-likeness (QED) is 0.850. The number of rotatable bonds is 5. The van der Waals surface area contributed by atoms with Crippen LogP contribution in [-0.4, -0.2) is 42.1 Å². The number of benzene rings is 1. The number of nitrogens with zero attached hydrogens (tertiary/aromatic N) is 2. The maximum atomic E-state index is 12.3. The van der Waals surface area contributed by atoms with Crippen molar-refractivity contribution in [2.24, 2.45) is 0 Å². The predicted octanol–water partition coefficient (Wildman–Crippen LogP) is 2.86. The SMILES string of the molecule is C=C(C)CN(C)C(=O)N(CC(=O)O)c1ccc(Cl)cc1. The predicted molar refractivity (Wildman–Crippen MR) is 79.3 cm³/mol. The third-order valence-corrected chi connectivity index (χ3v) is 2.75. The fraction of sp³-hybridized carbons (Fsp3) is 0.286. The van der Waals surface area contributed by atoms with Gasteiger partial charge in [0.25, 0.3) is 0 Å². The summed E-state index contributed by atoms with van der Waals surface area (Å²) in [5, 5.41) is 9.48. The molecule has 0 spiro atoms. The van der Waals surface area contributed by atoms with Gasteiger partial charge in [0.1, 0.15) is 6.54 Å². The second kappa shape index (κ2) is 6.96. The molecule has 0 aliphatic carbocycles. The molecule has 0 aliphatic rings. The molecule has 0 aromatic heterocycles. The lowest BCUT2D eigenvalue weighted by molar-refractivity contribution is -0.135. The van der Waals surface area contributed by atoms with Crippen molar-refractivity contribution >= 4 is 29.3 Å². The van der Waals surface area contributed by atoms with Gasteiger partial charge in [-0.2, -0.15) is 0 Å². The summed E-state index contributed by atoms with van der Waals surface area (Å²) in [6.45, 7) is 5.48. The maximum Gasteiger partial charge on any atom is 0.325 e. The van der Waals surface area contributed by atoms with E-state index in [0.717, 1.165) is 5.57 Å². The number of carbonyl (C=O) groups is 2. The zero-order valence-corrected chi connectivity index (χ0v) is 12.2. The number of carboxylic acids is 1. The van der Waals surface area contributed by atoms with E-state index in [1.165, 1.54) is 9.80 Å². The van der Waals surface area contributed by atoms with E-state index in [2.05, 4.69) is 6.58 Å². The summed E-state index contributed by atoms with van der Waals surface area (Å²) in [5.74, 6) is -1.09. The Morgan fingerprint density at radius 2 is 1.80 bits per heavy atom. The first-order valence-corrected chi connectivity index (χ1v) is 6.33. The molecule has 108 valence electrons. The van der Waals surface area contributed by atoms with Crippen molar-refractivity contribution in [3.63, 3.8) is 0 Å². The third-order valence-electron chi connectivity index (χ3n) is 2.50. The molecule has 6 heteroatoms. The van der Waals surface area contributed by atoms with Gasteiger partial charge in [0.05, 0.1) is 0 Å². The van der Waals surface area contributed by atoms with E-state index in [0.29, 0.717) is 17.3 Å². The second-order valence-electron chi connectivity index (χ2n) is 4.55. The van der Waals surface area contributed by atoms with E-state index in [-0.39, 0.29) is 0 Å². The van der Waals surface area contributed by atoms with Gasteiger partial charge in [-0.1, -0.05) is 23.8 Å². The van der Waals surface area contributed by atoms with Gasteiger partial charge in [-0.05, 0) is 31.2 Å². The number of carbonyl (C=O) groups excluding carboxylic acids is 1. The van der Waals surface area contributed by atoms with Crippen LogP contribution in [0.25, 0.3) is 0 Å². The van der Waals surface area contributed by atoms with E-state index in [4.69, 9.17) is 16.7 Å². The lowest BCUT2D eigenvalue weighted by Crippen LogP contribution is -2.44. The minimum atomic E-state index is -1.09. The van der Waals surface area contributed by atoms with Gasteiger partial charge in [-0.25, -0.2) is 4.79 Å². The molecule has 0 saturated heterocycles. The van der Waals surface area contributed by atoms with Crippen LogP contribution < -0.4 is 4.90 Å². The molecule has 0 atom stereocenters. The van der Waals surface area contributed by atoms with Gasteiger partial charge < -0.3 is 10.0 Å². The van der Waals surface area contributed by atoms with Crippen molar-refractivity contribution in [3.05, 3.63) is 41.4 Å². The number of anilines is 1. The van der Waals surface area contributed by atoms with Crippen LogP contribution in [0.5, 0.6) is 0 Å². The van der Waals surface area contributed by atoms with Gasteiger partial charge in [0, 0.05) is 24.3 Å². The van der Waals surface area contributed by atoms with Crippen LogP contribution in [0.15, 0.2) is 36.4 Å². The number of hydrogen-bond acceptors (Lipinski definition) is 2. The van der Waals surface area contributed by atoms with Crippen molar-refractivity contribution in [1.29, 1.82) is 0 Å². The van der Waals surface area contributed by atoms with Crippen LogP contribution in [0.3, 0.4) is 0 Å². The third kappa shape index (κ3) is 4.59. The smallest absolute Gasteiger partial charge is 0.325 e. The molecule has 1 aromatic carbocycles. The Morgan fingerprint density at radius 3 is 2.25 bits per heavy atom. The van der Waals surface area contributed by atoms with Gasteiger partial charge in [0.2, 0.25) is 0 Å². The fourth-order valence-corrected chi connectivity index (χ4v) is 1.83. The van der Waals surface area contributed by atoms with E-state index in [1.54, 1.807) is 38.2 Å². The molecule has 0 aliphatic heterocycles. The van der Waals surface area contributed by atoms with E-state index >= 15 is 0 Å². The van der Waals surface area contributed by atoms with Crippen molar-refractivity contribution in [1.82, 2.24) is 4.90 Å². The highest BCUT2D eigenvalue weighted by atomic mass is 35.5. The molecule has 5 nitrogen and oxygen atoms in total. The summed E-state index contributed by atoms with van der Waals surface area (Å²) in [6, 6.07) is 6.03. The summed E-state index contributed by atoms with van der Waals surface area (Å²) in [6.07, 6.45) is 0. The van der Waals surface area contributed by atoms with E-state index in [1.807, 2.05) is 0 Å². The first-order chi connectivity index (χ1) is 9.31. The fourth-order valence-electron chi connectivity index (χ4n) is 1.70. The normalized spacial score (nSPS) is 9.95. The summed E-state index contributed by atoms with van der Waals surface area (Å²) < 4.78 is 0. The monoisotopic (exact) mass is 296 g/mol. The van der Waals surface area contributed by atoms with Gasteiger partial charge in [-0.15, -0.1) is 0 Å². The lowest BCUT2D eigenvalue weighted by Gasteiger charge is -2.27. The summed E-state index contributed by atoms with van der Waals surface area (Å²) in [5.41, 5.74) is 1.29. The van der Waals surface area contributed by atoms with Gasteiger partial charge in [0.15, 0.2) is 0 Å². The maximum absolute atomic E-state index is 12.3. The van der Waals surface area contributed by atoms with Crippen molar-refractivity contribution in [3.8, 4) is 0 Å². The molecule has 0 fully saturated rings. The van der Waals surface area contributed by atoms with Crippen LogP contribution in [0.2, 0.25) is 5.02 Å². The zero-order chi connectivity index (χ0) is 15.3. The van der Waals surface area contributed by atoms with Gasteiger partial charge in [-0.3, -0.25) is 9.69 Å². The topological polar surface area (TPSA) is 60.9 Å². The van der Waals surface area contributed by atoms with Crippen LogP contribution in [0.4, 0.5) is 10.5 Å². The Hall–Kier alpha value is -2.01. The molecule has 0 saturated carbocycles. The Kier molecular flexibility index (Phi) is 5.58. The van der Waals surface area contributed by atoms with Crippen LogP contribution in [-0.2, 0) is 4.79 Å². The largest absolute Gasteiger partial charge is 0.480 e. The van der Waals surface area contributed by atoms with Crippen LogP contribution in [0.1, 0.15) is 6.92 Å². The first-order valence-electron chi connectivity index (χ1n) is 5.95. The standard InChI is InChI=1S/C14H17ClN2O3/c1-10(2)8-16(3)14(20)17(9-13(18)19)12-6-4-11(15)5-7-12/h4-7H,1,8-9H2,2-3H3,(H,18,19). The minimum absolute atomic E-state index is 0.364. The summed E-state index contributed by atoms with van der Waals surface area (Å²) in [7, 11) is 1.60. The number of aliphatic carboxylic acids is 1. The molecule has 20 heavy (non-hydrogen) atoms.